The van der Waals surface area contributed by atoms with Crippen LogP contribution in [-0.4, -0.2) is 29.6 Å². The Hall–Kier alpha value is -0.940. The van der Waals surface area contributed by atoms with Crippen molar-refractivity contribution in [3.63, 3.8) is 0 Å². The Labute approximate surface area is 69.2 Å². The Bertz CT molecular complexity index is 182. The maximum absolute atomic E-state index is 10.4. The van der Waals surface area contributed by atoms with E-state index in [9.17, 15) is 9.59 Å². The van der Waals surface area contributed by atoms with Crippen molar-refractivity contribution in [1.82, 2.24) is 0 Å². The zero-order valence-corrected chi connectivity index (χ0v) is 6.49. The molecule has 1 heterocycles. The van der Waals surface area contributed by atoms with Crippen molar-refractivity contribution in [2.24, 2.45) is 0 Å². The number of carboxylic acids is 1. The van der Waals surface area contributed by atoms with E-state index >= 15 is 0 Å². The monoisotopic (exact) mass is 174 g/mol. The molecule has 5 heteroatoms. The molecule has 1 unspecified atom stereocenters. The lowest BCUT2D eigenvalue weighted by atomic mass is 9.93. The van der Waals surface area contributed by atoms with E-state index < -0.39 is 11.6 Å². The summed E-state index contributed by atoms with van der Waals surface area (Å²) in [5.74, 6) is -0.984. The van der Waals surface area contributed by atoms with Crippen LogP contribution < -0.4 is 0 Å². The van der Waals surface area contributed by atoms with Crippen LogP contribution in [-0.2, 0) is 19.4 Å². The Morgan fingerprint density at radius 2 is 2.42 bits per heavy atom. The predicted octanol–water partition coefficient (Wildman–Crippen LogP) is 0.141. The summed E-state index contributed by atoms with van der Waals surface area (Å²) in [5.41, 5.74) is -0.923. The molecule has 0 spiro atoms. The third kappa shape index (κ3) is 2.02. The van der Waals surface area contributed by atoms with Gasteiger partial charge in [0.15, 0.2) is 0 Å². The SMILES string of the molecule is O=CCC1(CC(=O)O)CCOO1. The molecule has 0 amide bonds. The average molecular weight is 174 g/mol. The molecule has 0 aromatic carbocycles. The fourth-order valence-corrected chi connectivity index (χ4v) is 1.19. The van der Waals surface area contributed by atoms with Gasteiger partial charge in [0.2, 0.25) is 0 Å². The fraction of sp³-hybridized carbons (Fsp3) is 0.714. The van der Waals surface area contributed by atoms with Crippen LogP contribution in [0.1, 0.15) is 19.3 Å². The van der Waals surface area contributed by atoms with Gasteiger partial charge >= 0.3 is 5.97 Å². The largest absolute Gasteiger partial charge is 0.481 e. The van der Waals surface area contributed by atoms with Crippen LogP contribution in [0.4, 0.5) is 0 Å². The molecule has 5 nitrogen and oxygen atoms in total. The van der Waals surface area contributed by atoms with Crippen molar-refractivity contribution < 1.29 is 24.5 Å². The molecular formula is C7H10O5. The van der Waals surface area contributed by atoms with Gasteiger partial charge in [-0.15, -0.1) is 0 Å². The summed E-state index contributed by atoms with van der Waals surface area (Å²) < 4.78 is 0. The molecule has 1 aliphatic rings. The van der Waals surface area contributed by atoms with E-state index in [-0.39, 0.29) is 12.8 Å². The number of hydrogen-bond acceptors (Lipinski definition) is 4. The Balaban J connectivity index is 2.57. The van der Waals surface area contributed by atoms with Crippen molar-refractivity contribution in [1.29, 1.82) is 0 Å². The molecule has 0 saturated carbocycles. The molecule has 0 aliphatic carbocycles. The molecule has 0 aromatic rings. The number of carbonyl (C=O) groups is 2. The summed E-state index contributed by atoms with van der Waals surface area (Å²) in [4.78, 5) is 30.0. The second kappa shape index (κ2) is 3.64. The van der Waals surface area contributed by atoms with Gasteiger partial charge in [-0.05, 0) is 0 Å². The highest BCUT2D eigenvalue weighted by Gasteiger charge is 2.39. The minimum absolute atomic E-state index is 0.0688. The van der Waals surface area contributed by atoms with E-state index in [1.807, 2.05) is 0 Å². The Morgan fingerprint density at radius 3 is 2.83 bits per heavy atom. The smallest absolute Gasteiger partial charge is 0.306 e. The maximum Gasteiger partial charge on any atom is 0.306 e. The number of aldehydes is 1. The van der Waals surface area contributed by atoms with E-state index in [0.29, 0.717) is 19.3 Å². The number of carboxylic acid groups (broad SMARTS) is 1. The lowest BCUT2D eigenvalue weighted by Crippen LogP contribution is -2.31. The van der Waals surface area contributed by atoms with Gasteiger partial charge in [0.25, 0.3) is 0 Å². The third-order valence-electron chi connectivity index (χ3n) is 1.81. The van der Waals surface area contributed by atoms with Gasteiger partial charge in [-0.3, -0.25) is 4.79 Å². The van der Waals surface area contributed by atoms with Gasteiger partial charge in [0, 0.05) is 12.8 Å². The fourth-order valence-electron chi connectivity index (χ4n) is 1.19. The van der Waals surface area contributed by atoms with Crippen molar-refractivity contribution in [2.45, 2.75) is 24.9 Å². The lowest BCUT2D eigenvalue weighted by Gasteiger charge is -2.20. The molecule has 0 bridgehead atoms. The van der Waals surface area contributed by atoms with E-state index in [2.05, 4.69) is 4.89 Å². The molecule has 1 saturated heterocycles. The number of aliphatic carboxylic acids is 1. The molecule has 1 rings (SSSR count). The molecule has 1 atom stereocenters. The molecule has 1 aliphatic heterocycles. The molecule has 12 heavy (non-hydrogen) atoms. The molecule has 1 fully saturated rings. The first-order chi connectivity index (χ1) is 5.68. The summed E-state index contributed by atoms with van der Waals surface area (Å²) in [7, 11) is 0. The van der Waals surface area contributed by atoms with E-state index in [0.717, 1.165) is 0 Å². The molecule has 0 radical (unpaired) electrons. The van der Waals surface area contributed by atoms with Crippen molar-refractivity contribution >= 4 is 12.3 Å². The summed E-state index contributed by atoms with van der Waals surface area (Å²) in [6, 6.07) is 0. The highest BCUT2D eigenvalue weighted by Crippen LogP contribution is 2.29. The highest BCUT2D eigenvalue weighted by molar-refractivity contribution is 5.69. The van der Waals surface area contributed by atoms with Crippen LogP contribution in [0, 0.1) is 0 Å². The Kier molecular flexibility index (Phi) is 2.78. The molecule has 68 valence electrons. The van der Waals surface area contributed by atoms with Crippen LogP contribution in [0.2, 0.25) is 0 Å². The van der Waals surface area contributed by atoms with Gasteiger partial charge in [-0.2, -0.15) is 0 Å². The standard InChI is InChI=1S/C7H10O5/c8-3-1-7(5-6(9)10)2-4-11-12-7/h3H,1-2,4-5H2,(H,9,10). The first-order valence-corrected chi connectivity index (χ1v) is 3.65. The maximum atomic E-state index is 10.4. The Morgan fingerprint density at radius 1 is 1.67 bits per heavy atom. The highest BCUT2D eigenvalue weighted by atomic mass is 17.2. The first-order valence-electron chi connectivity index (χ1n) is 3.65. The topological polar surface area (TPSA) is 72.8 Å². The van der Waals surface area contributed by atoms with Crippen LogP contribution in [0.15, 0.2) is 0 Å². The second-order valence-corrected chi connectivity index (χ2v) is 2.78. The van der Waals surface area contributed by atoms with Crippen molar-refractivity contribution in [3.8, 4) is 0 Å². The second-order valence-electron chi connectivity index (χ2n) is 2.78. The van der Waals surface area contributed by atoms with E-state index in [1.165, 1.54) is 0 Å². The third-order valence-corrected chi connectivity index (χ3v) is 1.81. The summed E-state index contributed by atoms with van der Waals surface area (Å²) in [6.07, 6.45) is 0.987. The van der Waals surface area contributed by atoms with E-state index in [4.69, 9.17) is 9.99 Å². The zero-order chi connectivity index (χ0) is 9.03. The van der Waals surface area contributed by atoms with E-state index in [1.54, 1.807) is 0 Å². The average Bonchev–Trinajstić information content (AvgIpc) is 2.36. The minimum atomic E-state index is -0.984. The lowest BCUT2D eigenvalue weighted by molar-refractivity contribution is -0.308. The minimum Gasteiger partial charge on any atom is -0.481 e. The summed E-state index contributed by atoms with van der Waals surface area (Å²) in [6.45, 7) is 0.348. The summed E-state index contributed by atoms with van der Waals surface area (Å²) >= 11 is 0. The van der Waals surface area contributed by atoms with Gasteiger partial charge < -0.3 is 9.90 Å². The van der Waals surface area contributed by atoms with Crippen LogP contribution >= 0.6 is 0 Å². The van der Waals surface area contributed by atoms with Crippen LogP contribution in [0.3, 0.4) is 0 Å². The normalized spacial score (nSPS) is 28.7. The number of rotatable bonds is 4. The van der Waals surface area contributed by atoms with Gasteiger partial charge in [0.1, 0.15) is 11.9 Å². The molecule has 1 N–H and O–H groups in total. The van der Waals surface area contributed by atoms with Gasteiger partial charge in [-0.1, -0.05) is 0 Å². The first kappa shape index (κ1) is 9.15. The predicted molar refractivity (Wildman–Crippen MR) is 37.3 cm³/mol. The van der Waals surface area contributed by atoms with Gasteiger partial charge in [0.05, 0.1) is 13.0 Å². The van der Waals surface area contributed by atoms with Gasteiger partial charge in [-0.25, -0.2) is 9.78 Å². The summed E-state index contributed by atoms with van der Waals surface area (Å²) in [5, 5.41) is 8.51. The zero-order valence-electron chi connectivity index (χ0n) is 6.49. The van der Waals surface area contributed by atoms with Crippen molar-refractivity contribution in [3.05, 3.63) is 0 Å². The number of hydrogen-bond donors (Lipinski definition) is 1. The quantitative estimate of drug-likeness (QED) is 0.484. The van der Waals surface area contributed by atoms with Crippen LogP contribution in [0.5, 0.6) is 0 Å². The van der Waals surface area contributed by atoms with Crippen LogP contribution in [0.25, 0.3) is 0 Å². The number of carbonyl (C=O) groups excluding carboxylic acids is 1. The molecule has 0 aromatic heterocycles. The van der Waals surface area contributed by atoms with Crippen molar-refractivity contribution in [2.75, 3.05) is 6.61 Å². The molecular weight excluding hydrogens is 164 g/mol.